The van der Waals surface area contributed by atoms with Crippen LogP contribution in [0, 0.1) is 12.3 Å². The highest BCUT2D eigenvalue weighted by atomic mass is 16.4. The molecule has 0 saturated heterocycles. The molecule has 0 atom stereocenters. The van der Waals surface area contributed by atoms with Gasteiger partial charge in [0.05, 0.1) is 6.54 Å². The summed E-state index contributed by atoms with van der Waals surface area (Å²) in [6.07, 6.45) is 5.09. The van der Waals surface area contributed by atoms with Crippen molar-refractivity contribution < 1.29 is 14.7 Å². The minimum absolute atomic E-state index is 0.00509. The number of rotatable bonds is 5. The van der Waals surface area contributed by atoms with E-state index >= 15 is 0 Å². The second-order valence-corrected chi connectivity index (χ2v) is 2.39. The molecule has 0 aromatic heterocycles. The predicted molar refractivity (Wildman–Crippen MR) is 46.7 cm³/mol. The average molecular weight is 184 g/mol. The number of nitrogens with two attached hydrogens (primary N) is 1. The highest BCUT2D eigenvalue weighted by molar-refractivity contribution is 5.81. The Hall–Kier alpha value is -1.54. The summed E-state index contributed by atoms with van der Waals surface area (Å²) in [5.41, 5.74) is 5.15. The van der Waals surface area contributed by atoms with Crippen molar-refractivity contribution in [2.45, 2.75) is 6.42 Å². The first-order chi connectivity index (χ1) is 6.11. The molecule has 0 aliphatic carbocycles. The van der Waals surface area contributed by atoms with E-state index < -0.39 is 5.97 Å². The SMILES string of the molecule is C#CCN(CC(=O)O)C(=O)CCN. The molecular formula is C8H12N2O3. The zero-order valence-electron chi connectivity index (χ0n) is 7.19. The fourth-order valence-electron chi connectivity index (χ4n) is 0.787. The van der Waals surface area contributed by atoms with Gasteiger partial charge in [0.15, 0.2) is 0 Å². The number of terminal acetylenes is 1. The van der Waals surface area contributed by atoms with E-state index in [4.69, 9.17) is 17.3 Å². The van der Waals surface area contributed by atoms with E-state index in [-0.39, 0.29) is 32.0 Å². The van der Waals surface area contributed by atoms with Gasteiger partial charge in [0, 0.05) is 13.0 Å². The molecular weight excluding hydrogens is 172 g/mol. The molecule has 0 aromatic rings. The molecule has 0 aliphatic rings. The summed E-state index contributed by atoms with van der Waals surface area (Å²) in [7, 11) is 0. The Labute approximate surface area is 76.5 Å². The lowest BCUT2D eigenvalue weighted by atomic mass is 10.3. The molecule has 0 unspecified atom stereocenters. The Balaban J connectivity index is 4.16. The van der Waals surface area contributed by atoms with Crippen molar-refractivity contribution in [2.75, 3.05) is 19.6 Å². The van der Waals surface area contributed by atoms with Gasteiger partial charge in [-0.05, 0) is 0 Å². The third-order valence-electron chi connectivity index (χ3n) is 1.32. The van der Waals surface area contributed by atoms with Crippen LogP contribution in [0.5, 0.6) is 0 Å². The number of carbonyl (C=O) groups is 2. The van der Waals surface area contributed by atoms with Crippen LogP contribution >= 0.6 is 0 Å². The topological polar surface area (TPSA) is 83.6 Å². The number of carboxylic acid groups (broad SMARTS) is 1. The summed E-state index contributed by atoms with van der Waals surface area (Å²) in [4.78, 5) is 22.5. The van der Waals surface area contributed by atoms with Gasteiger partial charge in [-0.1, -0.05) is 5.92 Å². The third-order valence-corrected chi connectivity index (χ3v) is 1.32. The standard InChI is InChI=1S/C8H12N2O3/c1-2-5-10(6-8(12)13)7(11)3-4-9/h1H,3-6,9H2,(H,12,13). The molecule has 0 saturated carbocycles. The van der Waals surface area contributed by atoms with Crippen LogP contribution in [0.25, 0.3) is 0 Å². The second-order valence-electron chi connectivity index (χ2n) is 2.39. The van der Waals surface area contributed by atoms with Gasteiger partial charge in [-0.3, -0.25) is 9.59 Å². The molecule has 1 amide bonds. The van der Waals surface area contributed by atoms with Crippen LogP contribution in [-0.4, -0.2) is 41.5 Å². The number of nitrogens with zero attached hydrogens (tertiary/aromatic N) is 1. The minimum atomic E-state index is -1.08. The van der Waals surface area contributed by atoms with E-state index in [1.807, 2.05) is 0 Å². The van der Waals surface area contributed by atoms with Crippen LogP contribution in [0.4, 0.5) is 0 Å². The second kappa shape index (κ2) is 6.03. The number of hydrogen-bond acceptors (Lipinski definition) is 3. The van der Waals surface area contributed by atoms with Crippen LogP contribution < -0.4 is 5.73 Å². The largest absolute Gasteiger partial charge is 0.480 e. The summed E-state index contributed by atoms with van der Waals surface area (Å²) in [5.74, 6) is 0.800. The average Bonchev–Trinajstić information content (AvgIpc) is 2.03. The number of carbonyl (C=O) groups excluding carboxylic acids is 1. The Morgan fingerprint density at radius 1 is 1.54 bits per heavy atom. The molecule has 5 nitrogen and oxygen atoms in total. The zero-order valence-corrected chi connectivity index (χ0v) is 7.19. The molecule has 13 heavy (non-hydrogen) atoms. The van der Waals surface area contributed by atoms with Gasteiger partial charge in [-0.15, -0.1) is 6.42 Å². The van der Waals surface area contributed by atoms with Crippen LogP contribution in [0.15, 0.2) is 0 Å². The maximum Gasteiger partial charge on any atom is 0.323 e. The molecule has 0 radical (unpaired) electrons. The van der Waals surface area contributed by atoms with E-state index in [2.05, 4.69) is 5.92 Å². The first-order valence-corrected chi connectivity index (χ1v) is 3.75. The molecule has 0 aliphatic heterocycles. The van der Waals surface area contributed by atoms with E-state index in [0.29, 0.717) is 0 Å². The first kappa shape index (κ1) is 11.5. The lowest BCUT2D eigenvalue weighted by Gasteiger charge is -2.16. The molecule has 0 fully saturated rings. The van der Waals surface area contributed by atoms with Crippen LogP contribution in [-0.2, 0) is 9.59 Å². The summed E-state index contributed by atoms with van der Waals surface area (Å²) < 4.78 is 0. The Morgan fingerprint density at radius 3 is 2.54 bits per heavy atom. The monoisotopic (exact) mass is 184 g/mol. The smallest absolute Gasteiger partial charge is 0.323 e. The van der Waals surface area contributed by atoms with Crippen molar-refractivity contribution in [3.63, 3.8) is 0 Å². The van der Waals surface area contributed by atoms with Gasteiger partial charge in [0.1, 0.15) is 6.54 Å². The van der Waals surface area contributed by atoms with Gasteiger partial charge < -0.3 is 15.7 Å². The Bertz CT molecular complexity index is 232. The number of hydrogen-bond donors (Lipinski definition) is 2. The highest BCUT2D eigenvalue weighted by Gasteiger charge is 2.14. The van der Waals surface area contributed by atoms with Crippen LogP contribution in [0.3, 0.4) is 0 Å². The van der Waals surface area contributed by atoms with Crippen molar-refractivity contribution in [3.05, 3.63) is 0 Å². The fraction of sp³-hybridized carbons (Fsp3) is 0.500. The molecule has 5 heteroatoms. The maximum absolute atomic E-state index is 11.2. The first-order valence-electron chi connectivity index (χ1n) is 3.75. The van der Waals surface area contributed by atoms with Crippen LogP contribution in [0.2, 0.25) is 0 Å². The Kier molecular flexibility index (Phi) is 5.32. The van der Waals surface area contributed by atoms with Gasteiger partial charge in [0.25, 0.3) is 0 Å². The zero-order chi connectivity index (χ0) is 10.3. The number of aliphatic carboxylic acids is 1. The summed E-state index contributed by atoms with van der Waals surface area (Å²) in [5, 5.41) is 8.43. The molecule has 0 bridgehead atoms. The molecule has 72 valence electrons. The van der Waals surface area contributed by atoms with Crippen LogP contribution in [0.1, 0.15) is 6.42 Å². The van der Waals surface area contributed by atoms with Crippen molar-refractivity contribution in [3.8, 4) is 12.3 Å². The maximum atomic E-state index is 11.2. The normalized spacial score (nSPS) is 8.92. The van der Waals surface area contributed by atoms with Crippen molar-refractivity contribution in [1.29, 1.82) is 0 Å². The van der Waals surface area contributed by atoms with Gasteiger partial charge >= 0.3 is 5.97 Å². The highest BCUT2D eigenvalue weighted by Crippen LogP contribution is 1.92. The van der Waals surface area contributed by atoms with Crippen molar-refractivity contribution >= 4 is 11.9 Å². The predicted octanol–water partition coefficient (Wildman–Crippen LogP) is -1.12. The number of amides is 1. The van der Waals surface area contributed by atoms with Crippen molar-refractivity contribution in [2.24, 2.45) is 5.73 Å². The Morgan fingerprint density at radius 2 is 2.15 bits per heavy atom. The summed E-state index contributed by atoms with van der Waals surface area (Å²) in [6, 6.07) is 0. The van der Waals surface area contributed by atoms with Crippen molar-refractivity contribution in [1.82, 2.24) is 4.90 Å². The summed E-state index contributed by atoms with van der Waals surface area (Å²) >= 11 is 0. The lowest BCUT2D eigenvalue weighted by molar-refractivity contribution is -0.143. The third kappa shape index (κ3) is 4.82. The summed E-state index contributed by atoms with van der Waals surface area (Å²) in [6.45, 7) is -0.173. The van der Waals surface area contributed by atoms with E-state index in [1.54, 1.807) is 0 Å². The lowest BCUT2D eigenvalue weighted by Crippen LogP contribution is -2.36. The minimum Gasteiger partial charge on any atom is -0.480 e. The van der Waals surface area contributed by atoms with E-state index in [9.17, 15) is 9.59 Å². The molecule has 0 spiro atoms. The van der Waals surface area contributed by atoms with E-state index in [0.717, 1.165) is 4.90 Å². The number of carboxylic acids is 1. The van der Waals surface area contributed by atoms with Gasteiger partial charge in [0.2, 0.25) is 5.91 Å². The van der Waals surface area contributed by atoms with E-state index in [1.165, 1.54) is 0 Å². The fourth-order valence-corrected chi connectivity index (χ4v) is 0.787. The van der Waals surface area contributed by atoms with Gasteiger partial charge in [-0.25, -0.2) is 0 Å². The molecule has 0 heterocycles. The molecule has 3 N–H and O–H groups in total. The molecule has 0 aromatic carbocycles. The quantitative estimate of drug-likeness (QED) is 0.530. The van der Waals surface area contributed by atoms with Gasteiger partial charge in [-0.2, -0.15) is 0 Å². The molecule has 0 rings (SSSR count).